The van der Waals surface area contributed by atoms with E-state index >= 15 is 0 Å². The lowest BCUT2D eigenvalue weighted by Gasteiger charge is -2.32. The molecule has 3 atom stereocenters. The summed E-state index contributed by atoms with van der Waals surface area (Å²) in [5.41, 5.74) is 8.32. The van der Waals surface area contributed by atoms with Crippen LogP contribution in [0.15, 0.2) is 48.5 Å². The van der Waals surface area contributed by atoms with Gasteiger partial charge < -0.3 is 4.90 Å². The van der Waals surface area contributed by atoms with Gasteiger partial charge >= 0.3 is 0 Å². The number of rotatable bonds is 5. The molecule has 2 aromatic carbocycles. The highest BCUT2D eigenvalue weighted by molar-refractivity contribution is 6.30. The van der Waals surface area contributed by atoms with Gasteiger partial charge in [0.2, 0.25) is 5.91 Å². The zero-order valence-electron chi connectivity index (χ0n) is 15.7. The number of hydrazine groups is 1. The van der Waals surface area contributed by atoms with Crippen molar-refractivity contribution in [2.75, 3.05) is 13.1 Å². The highest BCUT2D eigenvalue weighted by atomic mass is 35.5. The summed E-state index contributed by atoms with van der Waals surface area (Å²) >= 11 is 5.93. The zero-order valence-corrected chi connectivity index (χ0v) is 16.5. The van der Waals surface area contributed by atoms with Crippen LogP contribution < -0.4 is 10.9 Å². The summed E-state index contributed by atoms with van der Waals surface area (Å²) in [5.74, 6) is -0.00379. The molecule has 0 radical (unpaired) electrons. The third kappa shape index (κ3) is 4.07. The summed E-state index contributed by atoms with van der Waals surface area (Å²) in [4.78, 5) is 14.9. The van der Waals surface area contributed by atoms with Crippen LogP contribution in [0.25, 0.3) is 0 Å². The van der Waals surface area contributed by atoms with Crippen molar-refractivity contribution >= 4 is 17.5 Å². The first-order valence-corrected chi connectivity index (χ1v) is 10.3. The second-order valence-electron chi connectivity index (χ2n) is 7.60. The molecule has 0 saturated carbocycles. The molecule has 4 rings (SSSR count). The van der Waals surface area contributed by atoms with E-state index in [2.05, 4.69) is 10.9 Å². The smallest absolute Gasteiger partial charge is 0.223 e. The van der Waals surface area contributed by atoms with Crippen LogP contribution in [0.2, 0.25) is 5.02 Å². The predicted molar refractivity (Wildman–Crippen MR) is 109 cm³/mol. The van der Waals surface area contributed by atoms with Gasteiger partial charge in [0, 0.05) is 42.5 Å². The van der Waals surface area contributed by atoms with Gasteiger partial charge in [0.25, 0.3) is 0 Å². The number of hydrogen-bond donors (Lipinski definition) is 2. The molecule has 6 heteroatoms. The van der Waals surface area contributed by atoms with E-state index in [0.29, 0.717) is 30.0 Å². The van der Waals surface area contributed by atoms with E-state index in [9.17, 15) is 9.18 Å². The molecule has 1 amide bonds. The first-order valence-electron chi connectivity index (χ1n) is 9.90. The van der Waals surface area contributed by atoms with Gasteiger partial charge in [-0.2, -0.15) is 0 Å². The molecule has 28 heavy (non-hydrogen) atoms. The highest BCUT2D eigenvalue weighted by Crippen LogP contribution is 2.32. The van der Waals surface area contributed by atoms with Crippen molar-refractivity contribution in [2.24, 2.45) is 0 Å². The molecule has 2 aliphatic rings. The Morgan fingerprint density at radius 1 is 1.18 bits per heavy atom. The van der Waals surface area contributed by atoms with Gasteiger partial charge in [0.1, 0.15) is 5.82 Å². The number of carbonyl (C=O) groups excluding carboxylic acids is 1. The molecule has 0 aromatic heterocycles. The van der Waals surface area contributed by atoms with Gasteiger partial charge in [-0.05, 0) is 48.6 Å². The predicted octanol–water partition coefficient (Wildman–Crippen LogP) is 3.66. The van der Waals surface area contributed by atoms with Crippen LogP contribution in [0.3, 0.4) is 0 Å². The lowest BCUT2D eigenvalue weighted by molar-refractivity contribution is -0.132. The first kappa shape index (κ1) is 19.4. The van der Waals surface area contributed by atoms with Crippen molar-refractivity contribution in [1.82, 2.24) is 15.8 Å². The molecule has 0 aliphatic carbocycles. The number of likely N-dealkylation sites (tertiary alicyclic amines) is 1. The number of nitrogens with zero attached hydrogens (tertiary/aromatic N) is 1. The Morgan fingerprint density at radius 2 is 1.96 bits per heavy atom. The second-order valence-corrected chi connectivity index (χ2v) is 8.04. The Kier molecular flexibility index (Phi) is 5.95. The maximum atomic E-state index is 14.3. The molecule has 2 N–H and O–H groups in total. The summed E-state index contributed by atoms with van der Waals surface area (Å²) in [6, 6.07) is 14.7. The van der Waals surface area contributed by atoms with E-state index in [0.717, 1.165) is 24.9 Å². The third-order valence-corrected chi connectivity index (χ3v) is 6.16. The Hall–Kier alpha value is -1.95. The van der Waals surface area contributed by atoms with E-state index < -0.39 is 0 Å². The molecule has 2 aliphatic heterocycles. The summed E-state index contributed by atoms with van der Waals surface area (Å²) < 4.78 is 14.3. The van der Waals surface area contributed by atoms with Gasteiger partial charge in [-0.25, -0.2) is 4.39 Å². The van der Waals surface area contributed by atoms with Gasteiger partial charge in [-0.3, -0.25) is 15.6 Å². The molecule has 0 bridgehead atoms. The number of carbonyl (C=O) groups is 1. The number of nitrogens with one attached hydrogen (secondary N) is 2. The molecule has 4 nitrogen and oxygen atoms in total. The standard InChI is InChI=1S/C22H25ClFN3O/c23-16-10-7-15(8-11-16)9-12-21(28)27-13-3-6-20(27)22-18(14-25-26-22)17-4-1-2-5-19(17)24/h1-2,4-5,7-8,10-11,18,20,22,25-26H,3,6,9,12-14H2. The third-order valence-electron chi connectivity index (χ3n) is 5.90. The Balaban J connectivity index is 1.44. The van der Waals surface area contributed by atoms with E-state index in [-0.39, 0.29) is 29.7 Å². The van der Waals surface area contributed by atoms with Crippen LogP contribution >= 0.6 is 11.6 Å². The number of benzene rings is 2. The van der Waals surface area contributed by atoms with Crippen molar-refractivity contribution < 1.29 is 9.18 Å². The van der Waals surface area contributed by atoms with Gasteiger partial charge in [0.15, 0.2) is 0 Å². The Labute approximate surface area is 170 Å². The molecule has 2 saturated heterocycles. The summed E-state index contributed by atoms with van der Waals surface area (Å²) in [6.45, 7) is 1.43. The molecular formula is C22H25ClFN3O. The topological polar surface area (TPSA) is 44.4 Å². The maximum Gasteiger partial charge on any atom is 0.223 e. The van der Waals surface area contributed by atoms with Gasteiger partial charge in [-0.15, -0.1) is 0 Å². The summed E-state index contributed by atoms with van der Waals surface area (Å²) in [7, 11) is 0. The first-order chi connectivity index (χ1) is 13.6. The molecule has 2 aromatic rings. The molecule has 148 valence electrons. The van der Waals surface area contributed by atoms with Crippen molar-refractivity contribution in [3.05, 3.63) is 70.5 Å². The molecule has 2 fully saturated rings. The monoisotopic (exact) mass is 401 g/mol. The lowest BCUT2D eigenvalue weighted by Crippen LogP contribution is -2.50. The molecule has 3 unspecified atom stereocenters. The second kappa shape index (κ2) is 8.60. The van der Waals surface area contributed by atoms with Crippen LogP contribution in [-0.4, -0.2) is 36.0 Å². The number of hydrogen-bond acceptors (Lipinski definition) is 3. The van der Waals surface area contributed by atoms with E-state index in [4.69, 9.17) is 11.6 Å². The van der Waals surface area contributed by atoms with Crippen LogP contribution in [0, 0.1) is 5.82 Å². The SMILES string of the molecule is O=C(CCc1ccc(Cl)cc1)N1CCCC1C1NNCC1c1ccccc1F. The van der Waals surface area contributed by atoms with Gasteiger partial charge in [0.05, 0.1) is 0 Å². The number of amides is 1. The Bertz CT molecular complexity index is 829. The van der Waals surface area contributed by atoms with Crippen molar-refractivity contribution in [3.63, 3.8) is 0 Å². The average molecular weight is 402 g/mol. The minimum Gasteiger partial charge on any atom is -0.338 e. The lowest BCUT2D eigenvalue weighted by atomic mass is 9.87. The quantitative estimate of drug-likeness (QED) is 0.803. The summed E-state index contributed by atoms with van der Waals surface area (Å²) in [5, 5.41) is 0.702. The van der Waals surface area contributed by atoms with E-state index in [1.807, 2.05) is 41.3 Å². The van der Waals surface area contributed by atoms with Crippen LogP contribution in [-0.2, 0) is 11.2 Å². The van der Waals surface area contributed by atoms with Crippen molar-refractivity contribution in [2.45, 2.75) is 43.7 Å². The van der Waals surface area contributed by atoms with Gasteiger partial charge in [-0.1, -0.05) is 41.9 Å². The van der Waals surface area contributed by atoms with Crippen LogP contribution in [0.4, 0.5) is 4.39 Å². The average Bonchev–Trinajstić information content (AvgIpc) is 3.36. The minimum absolute atomic E-state index is 0.0101. The fourth-order valence-corrected chi connectivity index (χ4v) is 4.61. The van der Waals surface area contributed by atoms with E-state index in [1.165, 1.54) is 6.07 Å². The number of halogens is 2. The molecular weight excluding hydrogens is 377 g/mol. The molecule has 2 heterocycles. The highest BCUT2D eigenvalue weighted by Gasteiger charge is 2.41. The Morgan fingerprint density at radius 3 is 2.75 bits per heavy atom. The fraction of sp³-hybridized carbons (Fsp3) is 0.409. The summed E-state index contributed by atoms with van der Waals surface area (Å²) in [6.07, 6.45) is 3.10. The minimum atomic E-state index is -0.179. The normalized spacial score (nSPS) is 24.6. The number of aryl methyl sites for hydroxylation is 1. The van der Waals surface area contributed by atoms with E-state index in [1.54, 1.807) is 6.07 Å². The zero-order chi connectivity index (χ0) is 19.5. The van der Waals surface area contributed by atoms with Crippen LogP contribution in [0.1, 0.15) is 36.3 Å². The maximum absolute atomic E-state index is 14.3. The van der Waals surface area contributed by atoms with Crippen molar-refractivity contribution in [1.29, 1.82) is 0 Å². The largest absolute Gasteiger partial charge is 0.338 e. The fourth-order valence-electron chi connectivity index (χ4n) is 4.48. The van der Waals surface area contributed by atoms with Crippen molar-refractivity contribution in [3.8, 4) is 0 Å². The molecule has 0 spiro atoms. The van der Waals surface area contributed by atoms with Crippen LogP contribution in [0.5, 0.6) is 0 Å².